The number of benzene rings is 1. The molecule has 0 spiro atoms. The van der Waals surface area contributed by atoms with E-state index in [2.05, 4.69) is 4.98 Å². The summed E-state index contributed by atoms with van der Waals surface area (Å²) in [5, 5.41) is 12.0. The van der Waals surface area contributed by atoms with Crippen molar-refractivity contribution in [1.29, 1.82) is 0 Å². The first-order chi connectivity index (χ1) is 11.0. The number of carbonyl (C=O) groups excluding carboxylic acids is 1. The molecule has 0 fully saturated rings. The Morgan fingerprint density at radius 2 is 2.13 bits per heavy atom. The summed E-state index contributed by atoms with van der Waals surface area (Å²) in [5.41, 5.74) is 0.920. The molecule has 0 saturated carbocycles. The van der Waals surface area contributed by atoms with Crippen LogP contribution in [0.3, 0.4) is 0 Å². The van der Waals surface area contributed by atoms with Crippen molar-refractivity contribution in [3.05, 3.63) is 52.0 Å². The van der Waals surface area contributed by atoms with Gasteiger partial charge in [0, 0.05) is 30.6 Å². The van der Waals surface area contributed by atoms with E-state index in [4.69, 9.17) is 5.11 Å². The van der Waals surface area contributed by atoms with E-state index in [9.17, 15) is 9.59 Å². The standard InChI is InChI=1S/C17H20N2O3S/c1-12(2)19(8-6-15-18-7-9-23-15)16(20)11-13-4-3-5-14(10-13)17(21)22/h3-5,7,9-10,12H,6,8,11H2,1-2H3,(H,21,22). The summed E-state index contributed by atoms with van der Waals surface area (Å²) in [4.78, 5) is 29.6. The Kier molecular flexibility index (Phi) is 5.87. The quantitative estimate of drug-likeness (QED) is 0.846. The lowest BCUT2D eigenvalue weighted by Gasteiger charge is -2.26. The van der Waals surface area contributed by atoms with Crippen molar-refractivity contribution < 1.29 is 14.7 Å². The van der Waals surface area contributed by atoms with E-state index >= 15 is 0 Å². The van der Waals surface area contributed by atoms with Crippen LogP contribution in [0.4, 0.5) is 0 Å². The molecule has 2 rings (SSSR count). The van der Waals surface area contributed by atoms with Gasteiger partial charge in [0.1, 0.15) is 0 Å². The zero-order chi connectivity index (χ0) is 16.8. The number of nitrogens with zero attached hydrogens (tertiary/aromatic N) is 2. The normalized spacial score (nSPS) is 10.7. The maximum absolute atomic E-state index is 12.6. The lowest BCUT2D eigenvalue weighted by molar-refractivity contribution is -0.132. The van der Waals surface area contributed by atoms with Gasteiger partial charge in [0.05, 0.1) is 17.0 Å². The van der Waals surface area contributed by atoms with Gasteiger partial charge >= 0.3 is 5.97 Å². The zero-order valence-corrected chi connectivity index (χ0v) is 14.0. The van der Waals surface area contributed by atoms with Crippen LogP contribution in [0.1, 0.15) is 34.8 Å². The first kappa shape index (κ1) is 17.1. The Morgan fingerprint density at radius 3 is 2.74 bits per heavy atom. The van der Waals surface area contributed by atoms with Gasteiger partial charge in [0.15, 0.2) is 0 Å². The molecular weight excluding hydrogens is 312 g/mol. The molecule has 23 heavy (non-hydrogen) atoms. The largest absolute Gasteiger partial charge is 0.478 e. The van der Waals surface area contributed by atoms with E-state index in [-0.39, 0.29) is 23.9 Å². The average Bonchev–Trinajstić information content (AvgIpc) is 3.00. The van der Waals surface area contributed by atoms with Gasteiger partial charge in [0.25, 0.3) is 0 Å². The summed E-state index contributed by atoms with van der Waals surface area (Å²) < 4.78 is 0. The van der Waals surface area contributed by atoms with Crippen molar-refractivity contribution in [2.45, 2.75) is 32.7 Å². The van der Waals surface area contributed by atoms with Gasteiger partial charge in [-0.2, -0.15) is 0 Å². The Hall–Kier alpha value is -2.21. The molecule has 1 heterocycles. The highest BCUT2D eigenvalue weighted by molar-refractivity contribution is 7.09. The fourth-order valence-electron chi connectivity index (χ4n) is 2.35. The monoisotopic (exact) mass is 332 g/mol. The van der Waals surface area contributed by atoms with Crippen molar-refractivity contribution in [3.8, 4) is 0 Å². The van der Waals surface area contributed by atoms with E-state index in [1.165, 1.54) is 6.07 Å². The molecule has 0 saturated heterocycles. The van der Waals surface area contributed by atoms with Crippen molar-refractivity contribution >= 4 is 23.2 Å². The van der Waals surface area contributed by atoms with E-state index < -0.39 is 5.97 Å². The number of carbonyl (C=O) groups is 2. The van der Waals surface area contributed by atoms with Crippen LogP contribution in [0.2, 0.25) is 0 Å². The average molecular weight is 332 g/mol. The number of carboxylic acids is 1. The van der Waals surface area contributed by atoms with Gasteiger partial charge in [-0.15, -0.1) is 11.3 Å². The second-order valence-corrected chi connectivity index (χ2v) is 6.52. The molecule has 0 unspecified atom stereocenters. The summed E-state index contributed by atoms with van der Waals surface area (Å²) in [6, 6.07) is 6.62. The predicted octanol–water partition coefficient (Wildman–Crippen LogP) is 2.86. The number of amides is 1. The van der Waals surface area contributed by atoms with Crippen LogP contribution in [0.5, 0.6) is 0 Å². The molecule has 1 N–H and O–H groups in total. The molecule has 6 heteroatoms. The van der Waals surface area contributed by atoms with Gasteiger partial charge in [0.2, 0.25) is 5.91 Å². The van der Waals surface area contributed by atoms with Gasteiger partial charge < -0.3 is 10.0 Å². The van der Waals surface area contributed by atoms with Gasteiger partial charge in [-0.3, -0.25) is 4.79 Å². The number of hydrogen-bond donors (Lipinski definition) is 1. The van der Waals surface area contributed by atoms with Crippen LogP contribution in [-0.4, -0.2) is 39.5 Å². The van der Waals surface area contributed by atoms with E-state index in [1.807, 2.05) is 24.1 Å². The molecule has 122 valence electrons. The summed E-state index contributed by atoms with van der Waals surface area (Å²) >= 11 is 1.58. The molecule has 0 aliphatic heterocycles. The van der Waals surface area contributed by atoms with Crippen LogP contribution >= 0.6 is 11.3 Å². The molecule has 2 aromatic rings. The number of hydrogen-bond acceptors (Lipinski definition) is 4. The first-order valence-electron chi connectivity index (χ1n) is 7.47. The molecule has 5 nitrogen and oxygen atoms in total. The van der Waals surface area contributed by atoms with E-state index in [0.717, 1.165) is 17.0 Å². The second kappa shape index (κ2) is 7.87. The first-order valence-corrected chi connectivity index (χ1v) is 8.35. The number of aromatic nitrogens is 1. The maximum atomic E-state index is 12.6. The number of rotatable bonds is 7. The fourth-order valence-corrected chi connectivity index (χ4v) is 2.96. The zero-order valence-electron chi connectivity index (χ0n) is 13.2. The molecule has 0 aliphatic carbocycles. The van der Waals surface area contributed by atoms with Gasteiger partial charge in [-0.05, 0) is 31.5 Å². The lowest BCUT2D eigenvalue weighted by Crippen LogP contribution is -2.39. The van der Waals surface area contributed by atoms with Crippen molar-refractivity contribution in [3.63, 3.8) is 0 Å². The molecule has 1 aromatic carbocycles. The minimum Gasteiger partial charge on any atom is -0.478 e. The molecule has 0 bridgehead atoms. The molecule has 0 atom stereocenters. The maximum Gasteiger partial charge on any atom is 0.335 e. The lowest BCUT2D eigenvalue weighted by atomic mass is 10.1. The Balaban J connectivity index is 2.03. The van der Waals surface area contributed by atoms with E-state index in [1.54, 1.807) is 35.7 Å². The van der Waals surface area contributed by atoms with Crippen LogP contribution in [0, 0.1) is 0 Å². The summed E-state index contributed by atoms with van der Waals surface area (Å²) in [6.07, 6.45) is 2.70. The van der Waals surface area contributed by atoms with Crippen LogP contribution < -0.4 is 0 Å². The number of carboxylic acid groups (broad SMARTS) is 1. The molecule has 1 aromatic heterocycles. The summed E-state index contributed by atoms with van der Waals surface area (Å²) in [6.45, 7) is 4.57. The third-order valence-corrected chi connectivity index (χ3v) is 4.36. The van der Waals surface area contributed by atoms with Crippen molar-refractivity contribution in [2.24, 2.45) is 0 Å². The topological polar surface area (TPSA) is 70.5 Å². The van der Waals surface area contributed by atoms with Crippen LogP contribution in [0.25, 0.3) is 0 Å². The third kappa shape index (κ3) is 4.89. The molecule has 0 radical (unpaired) electrons. The fraction of sp³-hybridized carbons (Fsp3) is 0.353. The Labute approximate surface area is 139 Å². The third-order valence-electron chi connectivity index (χ3n) is 3.52. The predicted molar refractivity (Wildman–Crippen MR) is 89.8 cm³/mol. The Morgan fingerprint density at radius 1 is 1.35 bits per heavy atom. The smallest absolute Gasteiger partial charge is 0.335 e. The number of thiazole rings is 1. The highest BCUT2D eigenvalue weighted by Gasteiger charge is 2.18. The van der Waals surface area contributed by atoms with E-state index in [0.29, 0.717) is 6.54 Å². The van der Waals surface area contributed by atoms with Crippen molar-refractivity contribution in [2.75, 3.05) is 6.54 Å². The van der Waals surface area contributed by atoms with Gasteiger partial charge in [-0.25, -0.2) is 9.78 Å². The second-order valence-electron chi connectivity index (χ2n) is 5.54. The summed E-state index contributed by atoms with van der Waals surface area (Å²) in [5.74, 6) is -0.983. The number of aromatic carboxylic acids is 1. The van der Waals surface area contributed by atoms with Crippen LogP contribution in [-0.2, 0) is 17.6 Å². The van der Waals surface area contributed by atoms with Crippen molar-refractivity contribution in [1.82, 2.24) is 9.88 Å². The minimum absolute atomic E-state index is 0.000838. The molecule has 1 amide bonds. The summed E-state index contributed by atoms with van der Waals surface area (Å²) in [7, 11) is 0. The highest BCUT2D eigenvalue weighted by atomic mass is 32.1. The Bertz CT molecular complexity index is 668. The van der Waals surface area contributed by atoms with Crippen LogP contribution in [0.15, 0.2) is 35.8 Å². The molecular formula is C17H20N2O3S. The van der Waals surface area contributed by atoms with Gasteiger partial charge in [-0.1, -0.05) is 12.1 Å². The molecule has 0 aliphatic rings. The minimum atomic E-state index is -0.983. The highest BCUT2D eigenvalue weighted by Crippen LogP contribution is 2.12. The SMILES string of the molecule is CC(C)N(CCc1nccs1)C(=O)Cc1cccc(C(=O)O)c1.